The minimum atomic E-state index is 0.299. The Hall–Kier alpha value is -0.500. The number of ether oxygens (including phenoxy) is 2. The van der Waals surface area contributed by atoms with Crippen molar-refractivity contribution in [2.75, 3.05) is 64.1 Å². The Labute approximate surface area is 175 Å². The van der Waals surface area contributed by atoms with E-state index in [1.54, 1.807) is 0 Å². The van der Waals surface area contributed by atoms with Crippen LogP contribution in [0.25, 0.3) is 0 Å². The molecule has 28 heavy (non-hydrogen) atoms. The molecule has 2 aliphatic heterocycles. The molecule has 7 heteroatoms. The maximum Gasteiger partial charge on any atom is 0.191 e. The summed E-state index contributed by atoms with van der Waals surface area (Å²) < 4.78 is 11.4. The van der Waals surface area contributed by atoms with Gasteiger partial charge in [0, 0.05) is 56.4 Å². The van der Waals surface area contributed by atoms with Crippen molar-refractivity contribution in [3.8, 4) is 0 Å². The van der Waals surface area contributed by atoms with Crippen LogP contribution in [0, 0.1) is 0 Å². The van der Waals surface area contributed by atoms with Gasteiger partial charge in [-0.1, -0.05) is 12.8 Å². The minimum absolute atomic E-state index is 0.299. The number of rotatable bonds is 10. The number of guanidine groups is 1. The van der Waals surface area contributed by atoms with Crippen LogP contribution in [-0.2, 0) is 9.47 Å². The van der Waals surface area contributed by atoms with Crippen LogP contribution < -0.4 is 10.6 Å². The predicted octanol–water partition coefficient (Wildman–Crippen LogP) is 2.49. The lowest BCUT2D eigenvalue weighted by molar-refractivity contribution is 0.0168. The molecule has 3 rings (SSSR count). The lowest BCUT2D eigenvalue weighted by atomic mass is 9.95. The van der Waals surface area contributed by atoms with Crippen molar-refractivity contribution in [2.45, 2.75) is 63.5 Å². The zero-order valence-electron chi connectivity index (χ0n) is 17.7. The van der Waals surface area contributed by atoms with Gasteiger partial charge in [-0.3, -0.25) is 9.89 Å². The standard InChI is InChI=1S/C21H40N4O2S/c1-2-22-20(23-10-6-13-26-17-19-7-5-14-27-19)24-18-21(8-3-4-9-21)25-11-15-28-16-12-25/h19H,2-18H2,1H3,(H2,22,23,24). The first-order valence-electron chi connectivity index (χ1n) is 11.4. The maximum absolute atomic E-state index is 5.76. The van der Waals surface area contributed by atoms with E-state index in [9.17, 15) is 0 Å². The Morgan fingerprint density at radius 1 is 1.21 bits per heavy atom. The quantitative estimate of drug-likeness (QED) is 0.327. The van der Waals surface area contributed by atoms with Gasteiger partial charge in [0.1, 0.15) is 0 Å². The minimum Gasteiger partial charge on any atom is -0.379 e. The molecule has 3 aliphatic rings. The van der Waals surface area contributed by atoms with Crippen LogP contribution in [0.5, 0.6) is 0 Å². The summed E-state index contributed by atoms with van der Waals surface area (Å²) in [6, 6.07) is 0. The monoisotopic (exact) mass is 412 g/mol. The average Bonchev–Trinajstić information content (AvgIpc) is 3.42. The van der Waals surface area contributed by atoms with Gasteiger partial charge in [0.05, 0.1) is 19.3 Å². The van der Waals surface area contributed by atoms with Gasteiger partial charge in [-0.2, -0.15) is 11.8 Å². The second kappa shape index (κ2) is 12.3. The van der Waals surface area contributed by atoms with E-state index in [4.69, 9.17) is 14.5 Å². The molecule has 2 heterocycles. The van der Waals surface area contributed by atoms with Crippen molar-refractivity contribution in [3.05, 3.63) is 0 Å². The van der Waals surface area contributed by atoms with E-state index in [1.807, 2.05) is 0 Å². The summed E-state index contributed by atoms with van der Waals surface area (Å²) in [5.74, 6) is 3.50. The fourth-order valence-electron chi connectivity index (χ4n) is 4.58. The topological polar surface area (TPSA) is 58.1 Å². The highest BCUT2D eigenvalue weighted by molar-refractivity contribution is 7.99. The fraction of sp³-hybridized carbons (Fsp3) is 0.952. The van der Waals surface area contributed by atoms with Gasteiger partial charge in [0.2, 0.25) is 0 Å². The molecule has 0 aromatic heterocycles. The molecule has 1 unspecified atom stereocenters. The summed E-state index contributed by atoms with van der Waals surface area (Å²) in [5.41, 5.74) is 0.299. The molecule has 0 spiro atoms. The Bertz CT molecular complexity index is 459. The third-order valence-electron chi connectivity index (χ3n) is 6.18. The van der Waals surface area contributed by atoms with Gasteiger partial charge < -0.3 is 20.1 Å². The number of aliphatic imine (C=N–C) groups is 1. The first-order valence-corrected chi connectivity index (χ1v) is 12.5. The molecule has 0 amide bonds. The third kappa shape index (κ3) is 6.78. The Balaban J connectivity index is 1.40. The SMILES string of the molecule is CCNC(=NCC1(N2CCSCC2)CCCC1)NCCCOCC1CCCO1. The van der Waals surface area contributed by atoms with E-state index < -0.39 is 0 Å². The van der Waals surface area contributed by atoms with E-state index in [1.165, 1.54) is 56.7 Å². The molecule has 1 atom stereocenters. The van der Waals surface area contributed by atoms with E-state index in [2.05, 4.69) is 34.2 Å². The number of hydrogen-bond acceptors (Lipinski definition) is 5. The molecule has 2 saturated heterocycles. The van der Waals surface area contributed by atoms with Crippen molar-refractivity contribution in [1.82, 2.24) is 15.5 Å². The zero-order valence-corrected chi connectivity index (χ0v) is 18.5. The van der Waals surface area contributed by atoms with Crippen molar-refractivity contribution in [2.24, 2.45) is 4.99 Å². The number of thioether (sulfide) groups is 1. The number of hydrogen-bond donors (Lipinski definition) is 2. The highest BCUT2D eigenvalue weighted by atomic mass is 32.2. The molecule has 162 valence electrons. The highest BCUT2D eigenvalue weighted by Gasteiger charge is 2.39. The van der Waals surface area contributed by atoms with E-state index in [-0.39, 0.29) is 0 Å². The predicted molar refractivity (Wildman–Crippen MR) is 118 cm³/mol. The molecule has 0 bridgehead atoms. The Morgan fingerprint density at radius 3 is 2.75 bits per heavy atom. The maximum atomic E-state index is 5.76. The number of nitrogens with zero attached hydrogens (tertiary/aromatic N) is 2. The van der Waals surface area contributed by atoms with Gasteiger partial charge >= 0.3 is 0 Å². The van der Waals surface area contributed by atoms with Gasteiger partial charge in [0.25, 0.3) is 0 Å². The van der Waals surface area contributed by atoms with Crippen LogP contribution >= 0.6 is 11.8 Å². The third-order valence-corrected chi connectivity index (χ3v) is 7.12. The van der Waals surface area contributed by atoms with Crippen LogP contribution in [-0.4, -0.2) is 86.6 Å². The fourth-order valence-corrected chi connectivity index (χ4v) is 5.49. The van der Waals surface area contributed by atoms with Crippen molar-refractivity contribution < 1.29 is 9.47 Å². The molecular formula is C21H40N4O2S. The summed E-state index contributed by atoms with van der Waals surface area (Å²) in [4.78, 5) is 7.75. The summed E-state index contributed by atoms with van der Waals surface area (Å²) in [5, 5.41) is 6.92. The summed E-state index contributed by atoms with van der Waals surface area (Å²) in [7, 11) is 0. The van der Waals surface area contributed by atoms with Crippen LogP contribution in [0.2, 0.25) is 0 Å². The van der Waals surface area contributed by atoms with Gasteiger partial charge in [-0.05, 0) is 39.0 Å². The normalized spacial score (nSPS) is 25.9. The van der Waals surface area contributed by atoms with Gasteiger partial charge in [-0.25, -0.2) is 0 Å². The average molecular weight is 413 g/mol. The second-order valence-corrected chi connectivity index (χ2v) is 9.44. The highest BCUT2D eigenvalue weighted by Crippen LogP contribution is 2.37. The van der Waals surface area contributed by atoms with Gasteiger partial charge in [-0.15, -0.1) is 0 Å². The van der Waals surface area contributed by atoms with Crippen molar-refractivity contribution >= 4 is 17.7 Å². The molecule has 1 saturated carbocycles. The van der Waals surface area contributed by atoms with E-state index >= 15 is 0 Å². The van der Waals surface area contributed by atoms with E-state index in [0.717, 1.165) is 58.3 Å². The lowest BCUT2D eigenvalue weighted by Crippen LogP contribution is -2.53. The van der Waals surface area contributed by atoms with Gasteiger partial charge in [0.15, 0.2) is 5.96 Å². The first kappa shape index (κ1) is 22.2. The summed E-state index contributed by atoms with van der Waals surface area (Å²) in [6.07, 6.45) is 8.95. The largest absolute Gasteiger partial charge is 0.379 e. The van der Waals surface area contributed by atoms with Crippen molar-refractivity contribution in [3.63, 3.8) is 0 Å². The molecule has 2 N–H and O–H groups in total. The smallest absolute Gasteiger partial charge is 0.191 e. The number of nitrogens with one attached hydrogen (secondary N) is 2. The Morgan fingerprint density at radius 2 is 2.04 bits per heavy atom. The van der Waals surface area contributed by atoms with E-state index in [0.29, 0.717) is 11.6 Å². The van der Waals surface area contributed by atoms with Crippen LogP contribution in [0.15, 0.2) is 4.99 Å². The molecule has 0 aromatic carbocycles. The van der Waals surface area contributed by atoms with Crippen molar-refractivity contribution in [1.29, 1.82) is 0 Å². The second-order valence-electron chi connectivity index (χ2n) is 8.22. The van der Waals surface area contributed by atoms with Crippen LogP contribution in [0.3, 0.4) is 0 Å². The molecule has 3 fully saturated rings. The zero-order chi connectivity index (χ0) is 19.5. The van der Waals surface area contributed by atoms with Crippen LogP contribution in [0.1, 0.15) is 51.9 Å². The first-order chi connectivity index (χ1) is 13.8. The molecule has 1 aliphatic carbocycles. The van der Waals surface area contributed by atoms with Crippen LogP contribution in [0.4, 0.5) is 0 Å². The summed E-state index contributed by atoms with van der Waals surface area (Å²) >= 11 is 2.09. The summed E-state index contributed by atoms with van der Waals surface area (Å²) in [6.45, 7) is 9.72. The lowest BCUT2D eigenvalue weighted by Gasteiger charge is -2.42. The molecule has 6 nitrogen and oxygen atoms in total. The Kier molecular flexibility index (Phi) is 9.71. The molecular weight excluding hydrogens is 372 g/mol. The molecule has 0 radical (unpaired) electrons. The molecule has 0 aromatic rings.